The minimum Gasteiger partial charge on any atom is -0.289 e. The maximum atomic E-state index is 13.0. The van der Waals surface area contributed by atoms with Crippen LogP contribution in [0.25, 0.3) is 0 Å². The summed E-state index contributed by atoms with van der Waals surface area (Å²) in [6.45, 7) is 2.13. The second-order valence-electron chi connectivity index (χ2n) is 5.45. The Morgan fingerprint density at radius 2 is 1.84 bits per heavy atom. The van der Waals surface area contributed by atoms with Gasteiger partial charge in [0.25, 0.3) is 0 Å². The Labute approximate surface area is 159 Å². The van der Waals surface area contributed by atoms with Crippen molar-refractivity contribution in [3.63, 3.8) is 0 Å². The normalized spacial score (nSPS) is 11.4. The molecule has 2 rings (SSSR count). The van der Waals surface area contributed by atoms with Crippen molar-refractivity contribution >= 4 is 49.0 Å². The zero-order chi connectivity index (χ0) is 18.8. The lowest BCUT2D eigenvalue weighted by Crippen LogP contribution is -2.31. The second kappa shape index (κ2) is 7.85. The number of nitrogens with zero attached hydrogens (tertiary/aromatic N) is 1. The Hall–Kier alpha value is -1.44. The lowest BCUT2D eigenvalue weighted by Gasteiger charge is -2.23. The molecule has 0 unspecified atom stereocenters. The molecule has 0 amide bonds. The molecular formula is C17H16BrClFNO3S. The lowest BCUT2D eigenvalue weighted by atomic mass is 10.0. The van der Waals surface area contributed by atoms with Crippen molar-refractivity contribution in [2.45, 2.75) is 13.3 Å². The fourth-order valence-electron chi connectivity index (χ4n) is 2.33. The van der Waals surface area contributed by atoms with Crippen LogP contribution in [0.5, 0.6) is 0 Å². The molecule has 0 aliphatic carbocycles. The number of rotatable bonds is 6. The highest BCUT2D eigenvalue weighted by Gasteiger charge is 2.22. The SMILES string of the molecule is CCCN(c1cc(Br)c(C(=O)c2ccc(F)cc2)cc1Cl)S(C)(=O)=O. The Kier molecular flexibility index (Phi) is 6.24. The predicted octanol–water partition coefficient (Wildman–Crippen LogP) is 4.65. The summed E-state index contributed by atoms with van der Waals surface area (Å²) in [7, 11) is -3.51. The minimum atomic E-state index is -3.51. The largest absolute Gasteiger partial charge is 0.289 e. The van der Waals surface area contributed by atoms with Crippen LogP contribution in [0, 0.1) is 5.82 Å². The van der Waals surface area contributed by atoms with Gasteiger partial charge in [-0.15, -0.1) is 0 Å². The smallest absolute Gasteiger partial charge is 0.232 e. The molecule has 0 fully saturated rings. The summed E-state index contributed by atoms with van der Waals surface area (Å²) in [6.07, 6.45) is 1.71. The molecule has 0 aromatic heterocycles. The van der Waals surface area contributed by atoms with E-state index in [9.17, 15) is 17.6 Å². The van der Waals surface area contributed by atoms with Crippen molar-refractivity contribution in [2.24, 2.45) is 0 Å². The molecule has 0 atom stereocenters. The van der Waals surface area contributed by atoms with E-state index in [1.807, 2.05) is 6.92 Å². The minimum absolute atomic E-state index is 0.146. The van der Waals surface area contributed by atoms with Crippen LogP contribution in [0.1, 0.15) is 29.3 Å². The highest BCUT2D eigenvalue weighted by molar-refractivity contribution is 9.10. The van der Waals surface area contributed by atoms with E-state index < -0.39 is 15.8 Å². The quantitative estimate of drug-likeness (QED) is 0.605. The summed E-state index contributed by atoms with van der Waals surface area (Å²) in [5.74, 6) is -0.783. The van der Waals surface area contributed by atoms with E-state index in [4.69, 9.17) is 11.6 Å². The maximum absolute atomic E-state index is 13.0. The van der Waals surface area contributed by atoms with Gasteiger partial charge in [-0.1, -0.05) is 18.5 Å². The van der Waals surface area contributed by atoms with Gasteiger partial charge in [0.15, 0.2) is 5.78 Å². The molecule has 0 saturated heterocycles. The van der Waals surface area contributed by atoms with Gasteiger partial charge in [-0.2, -0.15) is 0 Å². The number of anilines is 1. The number of carbonyl (C=O) groups is 1. The monoisotopic (exact) mass is 447 g/mol. The van der Waals surface area contributed by atoms with Crippen LogP contribution in [0.4, 0.5) is 10.1 Å². The summed E-state index contributed by atoms with van der Waals surface area (Å²) in [5, 5.41) is 0.146. The zero-order valence-corrected chi connectivity index (χ0v) is 16.8. The average molecular weight is 449 g/mol. The van der Waals surface area contributed by atoms with E-state index in [1.54, 1.807) is 0 Å². The number of carbonyl (C=O) groups excluding carboxylic acids is 1. The topological polar surface area (TPSA) is 54.5 Å². The maximum Gasteiger partial charge on any atom is 0.232 e. The van der Waals surface area contributed by atoms with E-state index in [0.717, 1.165) is 6.26 Å². The zero-order valence-electron chi connectivity index (χ0n) is 13.6. The average Bonchev–Trinajstić information content (AvgIpc) is 2.53. The molecule has 0 heterocycles. The van der Waals surface area contributed by atoms with Crippen molar-refractivity contribution in [1.29, 1.82) is 0 Å². The number of sulfonamides is 1. The van der Waals surface area contributed by atoms with Crippen molar-refractivity contribution in [3.8, 4) is 0 Å². The second-order valence-corrected chi connectivity index (χ2v) is 8.62. The first-order chi connectivity index (χ1) is 11.6. The lowest BCUT2D eigenvalue weighted by molar-refractivity contribution is 0.103. The fraction of sp³-hybridized carbons (Fsp3) is 0.235. The molecule has 0 spiro atoms. The van der Waals surface area contributed by atoms with E-state index in [-0.39, 0.29) is 22.9 Å². The Morgan fingerprint density at radius 3 is 2.36 bits per heavy atom. The number of halogens is 3. The van der Waals surface area contributed by atoms with Crippen LogP contribution in [-0.4, -0.2) is 27.0 Å². The third-order valence-corrected chi connectivity index (χ3v) is 5.62. The van der Waals surface area contributed by atoms with Gasteiger partial charge in [0, 0.05) is 22.1 Å². The molecule has 8 heteroatoms. The van der Waals surface area contributed by atoms with E-state index in [0.29, 0.717) is 22.1 Å². The first-order valence-corrected chi connectivity index (χ1v) is 10.4. The van der Waals surface area contributed by atoms with Gasteiger partial charge in [0.1, 0.15) is 5.82 Å². The third-order valence-electron chi connectivity index (χ3n) is 3.48. The number of hydrogen-bond acceptors (Lipinski definition) is 3. The molecule has 2 aromatic carbocycles. The van der Waals surface area contributed by atoms with Crippen molar-refractivity contribution < 1.29 is 17.6 Å². The number of hydrogen-bond donors (Lipinski definition) is 0. The van der Waals surface area contributed by atoms with Gasteiger partial charge in [-0.05, 0) is 58.7 Å². The molecule has 0 aliphatic heterocycles. The van der Waals surface area contributed by atoms with Gasteiger partial charge >= 0.3 is 0 Å². The van der Waals surface area contributed by atoms with Gasteiger partial charge in [-0.25, -0.2) is 12.8 Å². The highest BCUT2D eigenvalue weighted by atomic mass is 79.9. The van der Waals surface area contributed by atoms with Crippen LogP contribution < -0.4 is 4.31 Å². The molecule has 0 N–H and O–H groups in total. The van der Waals surface area contributed by atoms with Crippen LogP contribution in [0.3, 0.4) is 0 Å². The molecule has 2 aromatic rings. The van der Waals surface area contributed by atoms with E-state index >= 15 is 0 Å². The third kappa shape index (κ3) is 4.59. The summed E-state index contributed by atoms with van der Waals surface area (Å²) in [4.78, 5) is 12.6. The van der Waals surface area contributed by atoms with Crippen LogP contribution in [0.15, 0.2) is 40.9 Å². The standard InChI is InChI=1S/C17H16BrClFNO3S/c1-3-8-21(25(2,23)24)16-10-14(18)13(9-15(16)19)17(22)11-4-6-12(20)7-5-11/h4-7,9-10H,3,8H2,1-2H3. The van der Waals surface area contributed by atoms with Gasteiger partial charge in [-0.3, -0.25) is 9.10 Å². The Morgan fingerprint density at radius 1 is 1.24 bits per heavy atom. The predicted molar refractivity (Wildman–Crippen MR) is 101 cm³/mol. The molecule has 0 radical (unpaired) electrons. The van der Waals surface area contributed by atoms with E-state index in [2.05, 4.69) is 15.9 Å². The molecule has 0 saturated carbocycles. The molecule has 0 aliphatic rings. The molecule has 4 nitrogen and oxygen atoms in total. The molecule has 25 heavy (non-hydrogen) atoms. The van der Waals surface area contributed by atoms with Crippen LogP contribution in [0.2, 0.25) is 5.02 Å². The van der Waals surface area contributed by atoms with Crippen molar-refractivity contribution in [2.75, 3.05) is 17.1 Å². The molecular weight excluding hydrogens is 433 g/mol. The van der Waals surface area contributed by atoms with Gasteiger partial charge in [0.2, 0.25) is 10.0 Å². The summed E-state index contributed by atoms with van der Waals surface area (Å²) >= 11 is 9.56. The van der Waals surface area contributed by atoms with Gasteiger partial charge < -0.3 is 0 Å². The first kappa shape index (κ1) is 19.9. The van der Waals surface area contributed by atoms with Crippen molar-refractivity contribution in [1.82, 2.24) is 0 Å². The summed E-state index contributed by atoms with van der Waals surface area (Å²) in [5.41, 5.74) is 0.873. The van der Waals surface area contributed by atoms with Crippen LogP contribution >= 0.6 is 27.5 Å². The first-order valence-electron chi connectivity index (χ1n) is 7.42. The van der Waals surface area contributed by atoms with E-state index in [1.165, 1.54) is 40.7 Å². The number of benzene rings is 2. The molecule has 0 bridgehead atoms. The fourth-order valence-corrected chi connectivity index (χ4v) is 4.18. The van der Waals surface area contributed by atoms with Crippen LogP contribution in [-0.2, 0) is 10.0 Å². The summed E-state index contributed by atoms with van der Waals surface area (Å²) in [6, 6.07) is 8.08. The molecule has 134 valence electrons. The Balaban J connectivity index is 2.49. The van der Waals surface area contributed by atoms with Crippen molar-refractivity contribution in [3.05, 3.63) is 62.8 Å². The summed E-state index contributed by atoms with van der Waals surface area (Å²) < 4.78 is 38.6. The number of ketones is 1. The van der Waals surface area contributed by atoms with Gasteiger partial charge in [0.05, 0.1) is 17.0 Å². The highest BCUT2D eigenvalue weighted by Crippen LogP contribution is 2.34. The Bertz CT molecular complexity index is 901.